The number of piperidine rings is 9. The first-order valence-corrected chi connectivity index (χ1v) is 54.2. The number of fused-ring (bicyclic) bond motifs is 5. The minimum absolute atomic E-state index is 0. The summed E-state index contributed by atoms with van der Waals surface area (Å²) in [5.41, 5.74) is 14.3. The van der Waals surface area contributed by atoms with Crippen LogP contribution in [0.4, 0.5) is 9.59 Å². The fourth-order valence-corrected chi connectivity index (χ4v) is 21.3. The minimum Gasteiger partial charge on any atom is -0.508 e. The molecule has 11 N–H and O–H groups in total. The number of nitrogens with one attached hydrogen (secondary N) is 9. The highest BCUT2D eigenvalue weighted by Gasteiger charge is 2.35. The highest BCUT2D eigenvalue weighted by Crippen LogP contribution is 2.40. The summed E-state index contributed by atoms with van der Waals surface area (Å²) in [6, 6.07) is 54.9. The SMILES string of the molecule is BrCc1ccccc1.CC1CCN(C(=O)OC(C)(C)C)CC1.Cl.Cl.Cl.O=C1CCc2cc(O)ccc21.[3H]N1CCC(O)CC1.[3H]N1CCC(Oc2ccc3c(c2)CCC3=O)CC1.[3H]N1CCC(Oc2ccc3c(c2)CCC3NC2CCN(C(=O)OC(C)(C)C)CC2)CC1.[3H]N1CCC(Oc2ccc3c(c2)CCC3NC2CCN(Cc3ccccc3)CC2)CC1.[3H]N1CCC(Oc2ccc3c(c2)CCC3NC2CCNCC2)CC1. The van der Waals surface area contributed by atoms with E-state index >= 15 is 0 Å². The molecule has 0 radical (unpaired) electrons. The van der Waals surface area contributed by atoms with Crippen molar-refractivity contribution < 1.29 is 64.9 Å². The number of hydrogen-bond acceptors (Lipinski definition) is 22. The number of ketones is 2. The second-order valence-corrected chi connectivity index (χ2v) is 42.8. The molecule has 7 aromatic rings. The molecule has 7 aromatic carbocycles. The van der Waals surface area contributed by atoms with E-state index in [4.69, 9.17) is 45.7 Å². The predicted octanol–water partition coefficient (Wildman–Crippen LogP) is 19.7. The van der Waals surface area contributed by atoms with Crippen molar-refractivity contribution in [2.45, 2.75) is 318 Å². The Labute approximate surface area is 887 Å². The van der Waals surface area contributed by atoms with Crippen LogP contribution < -0.4 is 66.8 Å². The maximum atomic E-state index is 12.3. The lowest BCUT2D eigenvalue weighted by molar-refractivity contribution is 0.0182. The number of amides is 2. The summed E-state index contributed by atoms with van der Waals surface area (Å²) in [5.74, 6) is 5.29. The summed E-state index contributed by atoms with van der Waals surface area (Å²) < 4.78 is 73.0. The molecule has 9 aliphatic heterocycles. The number of aliphatic hydroxyl groups is 1. The van der Waals surface area contributed by atoms with Crippen LogP contribution in [0, 0.1) is 5.92 Å². The number of likely N-dealkylation sites (tertiary alicyclic amines) is 3. The Morgan fingerprint density at radius 1 is 0.385 bits per heavy atom. The van der Waals surface area contributed by atoms with Crippen molar-refractivity contribution in [1.29, 1.82) is 0 Å². The van der Waals surface area contributed by atoms with Crippen LogP contribution in [0.25, 0.3) is 0 Å². The van der Waals surface area contributed by atoms with Crippen LogP contribution in [0.5, 0.6) is 28.7 Å². The maximum Gasteiger partial charge on any atom is 0.410 e. The van der Waals surface area contributed by atoms with Crippen LogP contribution in [-0.4, -0.2) is 226 Å². The number of benzene rings is 7. The van der Waals surface area contributed by atoms with Crippen molar-refractivity contribution in [2.24, 2.45) is 5.92 Å². The molecule has 0 bridgehead atoms. The van der Waals surface area contributed by atoms with Crippen LogP contribution in [0.15, 0.2) is 152 Å². The number of aryl methyl sites for hydroxylation is 5. The molecule has 14 aliphatic rings. The summed E-state index contributed by atoms with van der Waals surface area (Å²) in [6.07, 6.45) is 28.3. The highest BCUT2D eigenvalue weighted by molar-refractivity contribution is 9.08. The lowest BCUT2D eigenvalue weighted by Gasteiger charge is -2.35. The number of rotatable bonds is 17. The molecule has 0 aromatic heterocycles. The first kappa shape index (κ1) is 108. The van der Waals surface area contributed by atoms with E-state index in [1.54, 1.807) is 39.4 Å². The van der Waals surface area contributed by atoms with E-state index in [1.807, 2.05) is 87.7 Å². The zero-order chi connectivity index (χ0) is 102. The summed E-state index contributed by atoms with van der Waals surface area (Å²) in [4.78, 5) is 52.8. The van der Waals surface area contributed by atoms with Crippen molar-refractivity contribution >= 4 is 76.9 Å². The lowest BCUT2D eigenvalue weighted by atomic mass is 10.00. The predicted molar refractivity (Wildman–Crippen MR) is 584 cm³/mol. The van der Waals surface area contributed by atoms with Crippen LogP contribution in [-0.2, 0) is 53.5 Å². The van der Waals surface area contributed by atoms with Crippen molar-refractivity contribution in [3.8, 4) is 28.7 Å². The van der Waals surface area contributed by atoms with Gasteiger partial charge in [-0.25, -0.2) is 9.59 Å². The zero-order valence-corrected chi connectivity index (χ0v) is 90.0. The Morgan fingerprint density at radius 3 is 1.08 bits per heavy atom. The molecule has 0 spiro atoms. The molecule has 3 unspecified atom stereocenters. The lowest BCUT2D eigenvalue weighted by Crippen LogP contribution is -2.47. The number of halogens is 4. The summed E-state index contributed by atoms with van der Waals surface area (Å²) in [5, 5.41) is 42.0. The zero-order valence-electron chi connectivity index (χ0n) is 91.0. The number of aromatic hydroxyl groups is 1. The third-order valence-corrected chi connectivity index (χ3v) is 29.6. The van der Waals surface area contributed by atoms with E-state index in [-0.39, 0.29) is 103 Å². The van der Waals surface area contributed by atoms with Crippen molar-refractivity contribution in [3.63, 3.8) is 0 Å². The number of hydrogen-bond donors (Lipinski definition) is 11. The van der Waals surface area contributed by atoms with Gasteiger partial charge in [0.05, 0.1) is 6.10 Å². The number of phenolic OH excluding ortho intramolecular Hbond substituents is 1. The third kappa shape index (κ3) is 38.1. The van der Waals surface area contributed by atoms with E-state index in [2.05, 4.69) is 146 Å². The molecule has 143 heavy (non-hydrogen) atoms. The monoisotopic (exact) mass is 2100 g/mol. The summed E-state index contributed by atoms with van der Waals surface area (Å²) in [7, 11) is 0. The van der Waals surface area contributed by atoms with Crippen molar-refractivity contribution in [3.05, 3.63) is 218 Å². The molecular formula is C115H168BrCl3N12O12. The number of nitrogens with zero attached hydrogens (tertiary/aromatic N) is 3. The second-order valence-electron chi connectivity index (χ2n) is 42.3. The first-order chi connectivity index (χ1) is 69.9. The number of phenols is 1. The van der Waals surface area contributed by atoms with Gasteiger partial charge < -0.3 is 96.3 Å². The number of alkyl halides is 1. The van der Waals surface area contributed by atoms with E-state index in [1.165, 1.54) is 101 Å². The van der Waals surface area contributed by atoms with E-state index in [0.29, 0.717) is 49.1 Å². The van der Waals surface area contributed by atoms with Gasteiger partial charge in [-0.1, -0.05) is 102 Å². The van der Waals surface area contributed by atoms with Gasteiger partial charge in [0, 0.05) is 98.3 Å². The topological polar surface area (TPSA) is 282 Å². The Morgan fingerprint density at radius 2 is 0.713 bits per heavy atom. The molecule has 788 valence electrons. The Balaban J connectivity index is 0.000000167. The second kappa shape index (κ2) is 59.5. The number of ether oxygens (including phenoxy) is 6. The number of Topliss-reactive ketones (excluding diaryl/α,β-unsaturated/α-hetero) is 2. The quantitative estimate of drug-likeness (QED) is 0.0378. The number of carbonyl (C=O) groups excluding carboxylic acids is 4. The molecule has 9 heterocycles. The fraction of sp³-hybridized carbons (Fsp3) is 0.600. The van der Waals surface area contributed by atoms with Gasteiger partial charge in [0.1, 0.15) is 71.4 Å². The highest BCUT2D eigenvalue weighted by atomic mass is 79.9. The Bertz CT molecular complexity index is 5150. The molecule has 0 saturated carbocycles. The fourth-order valence-electron chi connectivity index (χ4n) is 20.9. The minimum atomic E-state index is -0.443. The van der Waals surface area contributed by atoms with Gasteiger partial charge in [-0.3, -0.25) is 14.5 Å². The Kier molecular flexibility index (Phi) is 45.0. The molecule has 24 nitrogen and oxygen atoms in total. The van der Waals surface area contributed by atoms with Crippen LogP contribution >= 0.6 is 53.2 Å². The number of carbonyl (C=O) groups is 4. The summed E-state index contributed by atoms with van der Waals surface area (Å²) in [6.45, 7) is 30.4. The summed E-state index contributed by atoms with van der Waals surface area (Å²) >= 11 is 3.36. The van der Waals surface area contributed by atoms with E-state index in [9.17, 15) is 19.2 Å². The van der Waals surface area contributed by atoms with E-state index in [0.717, 1.165) is 296 Å². The molecule has 5 aliphatic carbocycles. The standard InChI is InChI=1S/C26H35N3O.C24H37N3O3.C19H29N3O.C14H17NO2.C11H21NO2.C9H8O2.C7H7Br.C5H11NO.3ClH/c1-2-4-20(5-3-1)19-29-16-12-22(13-17-29)28-26-9-6-21-18-24(7-8-25(21)26)30-23-10-14-27-15-11-23;1-24(2,3)30-23(28)27-14-10-18(11-15-27)26-22-7-4-17-16-20(5-6-21(17)22)29-19-8-12-25-13-9-19;1-4-19(22-15-5-9-20-10-6-15)18-3-2-17(13-14(1)18)23-16-7-11-21-12-8-16;16-14-4-1-10-9-12(2-3-13(10)14)17-11-5-7-15-8-6-11;1-9-5-7-12(8-6-9)10(13)14-11(2,3)4;10-7-2-3-8-6(5-7)1-4-9(8)11;8-6-7-4-2-1-3-5-7;7-5-1-3-6-4-2-5;;;/h1-5,7-8,18,22-23,26-28H,6,9-17,19H2;5-6,16,18-19,22,25-26H,4,7-15H2,1-3H3;2-3,13,15-16,19-22H,1,4-12H2;2-3,9,11,15H,1,4-8H2;9H,5-8H2,1-4H3;2-3,5,10H,1,4H2;1-5H,6H2;5-7H,1-4H2;3*1H/i/hT5. The molecule has 21 rings (SSSR count). The van der Waals surface area contributed by atoms with Gasteiger partial charge in [-0.2, -0.15) is 0 Å². The van der Waals surface area contributed by atoms with E-state index < -0.39 is 5.60 Å². The van der Waals surface area contributed by atoms with Gasteiger partial charge in [0.2, 0.25) is 0 Å². The van der Waals surface area contributed by atoms with Crippen molar-refractivity contribution in [1.82, 2.24) is 62.5 Å². The van der Waals surface area contributed by atoms with Gasteiger partial charge in [0.15, 0.2) is 11.6 Å². The average Bonchev–Trinajstić information content (AvgIpc) is 1.69. The van der Waals surface area contributed by atoms with Gasteiger partial charge >= 0.3 is 12.2 Å². The molecule has 9 saturated heterocycles. The Hall–Kier alpha value is -7.67. The van der Waals surface area contributed by atoms with Crippen molar-refractivity contribution in [2.75, 3.05) is 118 Å². The maximum absolute atomic E-state index is 12.3. The first-order valence-electron chi connectivity index (χ1n) is 55.3. The molecule has 2 amide bonds. The normalized spacial score (nSPS) is 22.4. The van der Waals surface area contributed by atoms with Crippen LogP contribution in [0.1, 0.15) is 291 Å². The smallest absolute Gasteiger partial charge is 0.410 e. The number of aliphatic hydroxyl groups excluding tert-OH is 1. The van der Waals surface area contributed by atoms with Gasteiger partial charge in [0.25, 0.3) is 0 Å². The third-order valence-electron chi connectivity index (χ3n) is 29.0. The largest absolute Gasteiger partial charge is 0.508 e. The molecule has 9 fully saturated rings. The molecular weight excluding hydrogens is 1930 g/mol. The molecule has 28 heteroatoms. The molecule has 3 atom stereocenters. The van der Waals surface area contributed by atoms with Gasteiger partial charge in [-0.15, -0.1) is 37.2 Å². The van der Waals surface area contributed by atoms with Crippen LogP contribution in [0.2, 0.25) is 7.06 Å². The van der Waals surface area contributed by atoms with Gasteiger partial charge in [-0.05, 0) is 434 Å². The van der Waals surface area contributed by atoms with Crippen LogP contribution in [0.3, 0.4) is 0 Å². The average molecular weight is 2110 g/mol.